The molecule has 24 heavy (non-hydrogen) atoms. The maximum atomic E-state index is 12.5. The molecule has 1 amide bonds. The summed E-state index contributed by atoms with van der Waals surface area (Å²) in [7, 11) is 0. The minimum Gasteiger partial charge on any atom is -0.481 e. The summed E-state index contributed by atoms with van der Waals surface area (Å²) < 4.78 is 5.94. The van der Waals surface area contributed by atoms with E-state index in [0.29, 0.717) is 0 Å². The largest absolute Gasteiger partial charge is 0.481 e. The molecule has 0 saturated heterocycles. The van der Waals surface area contributed by atoms with Crippen LogP contribution in [-0.2, 0) is 4.79 Å². The standard InChI is InChI=1S/C21H27NO2/c1-6-19(18-10-8-7-9-11-18)22-21(23)17(5)24-20-13-14(2)12-15(3)16(20)4/h7-13,17,19H,6H2,1-5H3,(H,22,23)/t17-,19-/m1/s1. The van der Waals surface area contributed by atoms with Gasteiger partial charge in [0.05, 0.1) is 6.04 Å². The molecule has 0 aliphatic carbocycles. The molecule has 0 radical (unpaired) electrons. The highest BCUT2D eigenvalue weighted by atomic mass is 16.5. The molecule has 128 valence electrons. The molecule has 3 heteroatoms. The second-order valence-electron chi connectivity index (χ2n) is 6.35. The van der Waals surface area contributed by atoms with E-state index in [0.717, 1.165) is 28.9 Å². The van der Waals surface area contributed by atoms with Crippen LogP contribution in [-0.4, -0.2) is 12.0 Å². The van der Waals surface area contributed by atoms with Crippen molar-refractivity contribution in [1.29, 1.82) is 0 Å². The van der Waals surface area contributed by atoms with Gasteiger partial charge in [-0.3, -0.25) is 4.79 Å². The molecule has 2 rings (SSSR count). The van der Waals surface area contributed by atoms with Gasteiger partial charge >= 0.3 is 0 Å². The fourth-order valence-electron chi connectivity index (χ4n) is 2.76. The summed E-state index contributed by atoms with van der Waals surface area (Å²) in [4.78, 5) is 12.5. The second-order valence-corrected chi connectivity index (χ2v) is 6.35. The van der Waals surface area contributed by atoms with E-state index < -0.39 is 6.10 Å². The first-order chi connectivity index (χ1) is 11.4. The third-order valence-electron chi connectivity index (χ3n) is 4.36. The number of hydrogen-bond donors (Lipinski definition) is 1. The van der Waals surface area contributed by atoms with E-state index in [2.05, 4.69) is 25.2 Å². The van der Waals surface area contributed by atoms with Crippen LogP contribution < -0.4 is 10.1 Å². The number of amides is 1. The van der Waals surface area contributed by atoms with Gasteiger partial charge in [0.15, 0.2) is 6.10 Å². The van der Waals surface area contributed by atoms with Crippen LogP contribution in [0.4, 0.5) is 0 Å². The Hall–Kier alpha value is -2.29. The predicted molar refractivity (Wildman–Crippen MR) is 98.4 cm³/mol. The van der Waals surface area contributed by atoms with Crippen LogP contribution in [0.2, 0.25) is 0 Å². The molecular formula is C21H27NO2. The summed E-state index contributed by atoms with van der Waals surface area (Å²) in [6, 6.07) is 14.1. The van der Waals surface area contributed by atoms with Crippen LogP contribution in [0, 0.1) is 20.8 Å². The molecule has 2 atom stereocenters. The van der Waals surface area contributed by atoms with Gasteiger partial charge in [0, 0.05) is 0 Å². The number of hydrogen-bond acceptors (Lipinski definition) is 2. The van der Waals surface area contributed by atoms with E-state index in [9.17, 15) is 4.79 Å². The summed E-state index contributed by atoms with van der Waals surface area (Å²) in [6.45, 7) is 9.98. The summed E-state index contributed by atoms with van der Waals surface area (Å²) in [5.41, 5.74) is 4.50. The number of aryl methyl sites for hydroxylation is 2. The zero-order valence-corrected chi connectivity index (χ0v) is 15.2. The van der Waals surface area contributed by atoms with Crippen molar-refractivity contribution in [1.82, 2.24) is 5.32 Å². The Morgan fingerprint density at radius 3 is 2.42 bits per heavy atom. The van der Waals surface area contributed by atoms with E-state index in [1.54, 1.807) is 6.92 Å². The molecule has 0 aliphatic rings. The fraction of sp³-hybridized carbons (Fsp3) is 0.381. The minimum absolute atomic E-state index is 0.00472. The molecule has 2 aromatic carbocycles. The summed E-state index contributed by atoms with van der Waals surface area (Å²) in [6.07, 6.45) is 0.299. The minimum atomic E-state index is -0.539. The maximum absolute atomic E-state index is 12.5. The van der Waals surface area contributed by atoms with Crippen molar-refractivity contribution < 1.29 is 9.53 Å². The number of ether oxygens (including phenoxy) is 1. The van der Waals surface area contributed by atoms with Gasteiger partial charge in [-0.2, -0.15) is 0 Å². The molecule has 0 saturated carbocycles. The van der Waals surface area contributed by atoms with Gasteiger partial charge in [-0.15, -0.1) is 0 Å². The average molecular weight is 325 g/mol. The lowest BCUT2D eigenvalue weighted by molar-refractivity contribution is -0.128. The Kier molecular flexibility index (Phi) is 6.02. The lowest BCUT2D eigenvalue weighted by atomic mass is 10.0. The molecule has 0 unspecified atom stereocenters. The predicted octanol–water partition coefficient (Wildman–Crippen LogP) is 4.65. The quantitative estimate of drug-likeness (QED) is 0.840. The highest BCUT2D eigenvalue weighted by Crippen LogP contribution is 2.24. The van der Waals surface area contributed by atoms with Gasteiger partial charge in [-0.05, 0) is 62.4 Å². The van der Waals surface area contributed by atoms with Crippen molar-refractivity contribution in [3.8, 4) is 5.75 Å². The van der Waals surface area contributed by atoms with E-state index in [1.807, 2.05) is 50.2 Å². The van der Waals surface area contributed by atoms with Gasteiger partial charge in [0.25, 0.3) is 5.91 Å². The molecule has 0 aromatic heterocycles. The Morgan fingerprint density at radius 2 is 1.79 bits per heavy atom. The van der Waals surface area contributed by atoms with Gasteiger partial charge in [-0.1, -0.05) is 43.3 Å². The first-order valence-corrected chi connectivity index (χ1v) is 8.52. The Labute approximate surface area is 145 Å². The Bertz CT molecular complexity index is 694. The van der Waals surface area contributed by atoms with E-state index in [4.69, 9.17) is 4.74 Å². The molecule has 0 aliphatic heterocycles. The van der Waals surface area contributed by atoms with Crippen molar-refractivity contribution in [2.75, 3.05) is 0 Å². The molecule has 1 N–H and O–H groups in total. The van der Waals surface area contributed by atoms with E-state index in [-0.39, 0.29) is 11.9 Å². The Morgan fingerprint density at radius 1 is 1.12 bits per heavy atom. The smallest absolute Gasteiger partial charge is 0.261 e. The number of benzene rings is 2. The lowest BCUT2D eigenvalue weighted by Gasteiger charge is -2.22. The van der Waals surface area contributed by atoms with Crippen LogP contribution in [0.1, 0.15) is 48.6 Å². The van der Waals surface area contributed by atoms with E-state index >= 15 is 0 Å². The fourth-order valence-corrected chi connectivity index (χ4v) is 2.76. The summed E-state index contributed by atoms with van der Waals surface area (Å²) >= 11 is 0. The molecule has 2 aromatic rings. The lowest BCUT2D eigenvalue weighted by Crippen LogP contribution is -2.38. The van der Waals surface area contributed by atoms with Crippen molar-refractivity contribution in [2.45, 2.75) is 53.2 Å². The third-order valence-corrected chi connectivity index (χ3v) is 4.36. The SMILES string of the molecule is CC[C@@H](NC(=O)[C@@H](C)Oc1cc(C)cc(C)c1C)c1ccccc1. The monoisotopic (exact) mass is 325 g/mol. The van der Waals surface area contributed by atoms with Crippen molar-refractivity contribution in [3.63, 3.8) is 0 Å². The van der Waals surface area contributed by atoms with Crippen molar-refractivity contribution in [3.05, 3.63) is 64.7 Å². The van der Waals surface area contributed by atoms with Gasteiger partial charge in [0.1, 0.15) is 5.75 Å². The first-order valence-electron chi connectivity index (χ1n) is 8.52. The van der Waals surface area contributed by atoms with Gasteiger partial charge < -0.3 is 10.1 Å². The highest BCUT2D eigenvalue weighted by Gasteiger charge is 2.20. The summed E-state index contributed by atoms with van der Waals surface area (Å²) in [5, 5.41) is 3.09. The summed E-state index contributed by atoms with van der Waals surface area (Å²) in [5.74, 6) is 0.687. The van der Waals surface area contributed by atoms with Gasteiger partial charge in [0.2, 0.25) is 0 Å². The van der Waals surface area contributed by atoms with Crippen LogP contribution in [0.5, 0.6) is 5.75 Å². The van der Waals surface area contributed by atoms with Crippen LogP contribution in [0.3, 0.4) is 0 Å². The Balaban J connectivity index is 2.07. The topological polar surface area (TPSA) is 38.3 Å². The third kappa shape index (κ3) is 4.38. The van der Waals surface area contributed by atoms with E-state index in [1.165, 1.54) is 5.56 Å². The molecule has 0 heterocycles. The highest BCUT2D eigenvalue weighted by molar-refractivity contribution is 5.81. The molecule has 3 nitrogen and oxygen atoms in total. The molecule has 0 fully saturated rings. The molecule has 0 bridgehead atoms. The van der Waals surface area contributed by atoms with Crippen molar-refractivity contribution >= 4 is 5.91 Å². The zero-order chi connectivity index (χ0) is 17.7. The first kappa shape index (κ1) is 18.1. The van der Waals surface area contributed by atoms with Gasteiger partial charge in [-0.25, -0.2) is 0 Å². The normalized spacial score (nSPS) is 13.2. The number of carbonyl (C=O) groups is 1. The zero-order valence-electron chi connectivity index (χ0n) is 15.2. The van der Waals surface area contributed by atoms with Crippen LogP contribution >= 0.6 is 0 Å². The maximum Gasteiger partial charge on any atom is 0.261 e. The molecule has 0 spiro atoms. The number of rotatable bonds is 6. The second kappa shape index (κ2) is 8.00. The van der Waals surface area contributed by atoms with Crippen LogP contribution in [0.25, 0.3) is 0 Å². The van der Waals surface area contributed by atoms with Crippen LogP contribution in [0.15, 0.2) is 42.5 Å². The number of carbonyl (C=O) groups excluding carboxylic acids is 1. The number of nitrogens with one attached hydrogen (secondary N) is 1. The molecular weight excluding hydrogens is 298 g/mol. The average Bonchev–Trinajstić information content (AvgIpc) is 2.57. The van der Waals surface area contributed by atoms with Crippen molar-refractivity contribution in [2.24, 2.45) is 0 Å².